The number of rotatable bonds is 3. The third-order valence-corrected chi connectivity index (χ3v) is 5.26. The van der Waals surface area contributed by atoms with Crippen LogP contribution in [-0.4, -0.2) is 9.79 Å². The van der Waals surface area contributed by atoms with E-state index in [9.17, 15) is 14.4 Å². The Balaban J connectivity index is 2.34. The lowest BCUT2D eigenvalue weighted by molar-refractivity contribution is 0.387. The molecule has 3 aromatic rings. The molecule has 0 saturated carbocycles. The fourth-order valence-corrected chi connectivity index (χ4v) is 3.94. The second kappa shape index (κ2) is 6.34. The average molecular weight is 342 g/mol. The summed E-state index contributed by atoms with van der Waals surface area (Å²) in [6, 6.07) is 22.4. The van der Waals surface area contributed by atoms with Gasteiger partial charge in [-0.15, -0.1) is 12.6 Å². The second-order valence-corrected chi connectivity index (χ2v) is 7.15. The maximum atomic E-state index is 11.7. The van der Waals surface area contributed by atoms with Crippen LogP contribution in [0.15, 0.2) is 77.7 Å². The summed E-state index contributed by atoms with van der Waals surface area (Å²) in [5.41, 5.74) is 3.45. The molecule has 5 heteroatoms. The first kappa shape index (κ1) is 16.0. The zero-order chi connectivity index (χ0) is 16.4. The van der Waals surface area contributed by atoms with Crippen molar-refractivity contribution < 1.29 is 14.4 Å². The fourth-order valence-electron chi connectivity index (χ4n) is 2.57. The number of thiol groups is 1. The van der Waals surface area contributed by atoms with Crippen molar-refractivity contribution in [3.63, 3.8) is 0 Å². The molecule has 0 saturated heterocycles. The molecule has 3 rings (SSSR count). The van der Waals surface area contributed by atoms with Crippen molar-refractivity contribution in [1.82, 2.24) is 0 Å². The molecular weight excluding hydrogens is 327 g/mol. The highest BCUT2D eigenvalue weighted by Crippen LogP contribution is 2.42. The van der Waals surface area contributed by atoms with Crippen molar-refractivity contribution in [2.45, 2.75) is 4.90 Å². The standard InChI is InChI=1S/C18H15O3PS/c19-22(20,21)16-12-11-15(13-7-3-1-4-8-13)17(18(16)23)14-9-5-2-6-10-14/h1-12,23H,(H2,19,20,21). The molecule has 2 N–H and O–H groups in total. The smallest absolute Gasteiger partial charge is 0.321 e. The lowest BCUT2D eigenvalue weighted by atomic mass is 9.94. The largest absolute Gasteiger partial charge is 0.357 e. The van der Waals surface area contributed by atoms with E-state index < -0.39 is 7.60 Å². The van der Waals surface area contributed by atoms with Crippen molar-refractivity contribution in [2.75, 3.05) is 0 Å². The first-order valence-electron chi connectivity index (χ1n) is 7.01. The Hall–Kier alpha value is -1.84. The molecule has 0 radical (unpaired) electrons. The van der Waals surface area contributed by atoms with Gasteiger partial charge in [0.25, 0.3) is 0 Å². The summed E-state index contributed by atoms with van der Waals surface area (Å²) in [7, 11) is -4.39. The molecule has 0 fully saturated rings. The van der Waals surface area contributed by atoms with E-state index in [1.165, 1.54) is 6.07 Å². The van der Waals surface area contributed by atoms with Crippen LogP contribution < -0.4 is 5.30 Å². The van der Waals surface area contributed by atoms with E-state index in [-0.39, 0.29) is 5.30 Å². The average Bonchev–Trinajstić information content (AvgIpc) is 2.55. The minimum Gasteiger partial charge on any atom is -0.321 e. The molecule has 0 bridgehead atoms. The zero-order valence-corrected chi connectivity index (χ0v) is 13.9. The van der Waals surface area contributed by atoms with Gasteiger partial charge in [-0.2, -0.15) is 0 Å². The predicted octanol–water partition coefficient (Wildman–Crippen LogP) is 4.11. The van der Waals surface area contributed by atoms with E-state index in [0.717, 1.165) is 22.3 Å². The number of hydrogen-bond donors (Lipinski definition) is 3. The summed E-state index contributed by atoms with van der Waals surface area (Å²) < 4.78 is 11.7. The summed E-state index contributed by atoms with van der Waals surface area (Å²) in [6.45, 7) is 0. The van der Waals surface area contributed by atoms with Gasteiger partial charge in [0.15, 0.2) is 0 Å². The summed E-state index contributed by atoms with van der Waals surface area (Å²) in [5.74, 6) is 0. The lowest BCUT2D eigenvalue weighted by Crippen LogP contribution is -2.08. The van der Waals surface area contributed by atoms with E-state index in [0.29, 0.717) is 4.90 Å². The van der Waals surface area contributed by atoms with Gasteiger partial charge in [0.2, 0.25) is 0 Å². The Labute approximate surface area is 140 Å². The van der Waals surface area contributed by atoms with E-state index in [1.807, 2.05) is 60.7 Å². The van der Waals surface area contributed by atoms with Gasteiger partial charge in [0.1, 0.15) is 0 Å². The minimum atomic E-state index is -4.39. The molecule has 0 aliphatic heterocycles. The molecule has 3 aromatic carbocycles. The molecule has 0 aromatic heterocycles. The highest BCUT2D eigenvalue weighted by Gasteiger charge is 2.24. The van der Waals surface area contributed by atoms with Gasteiger partial charge in [0.05, 0.1) is 5.30 Å². The van der Waals surface area contributed by atoms with Crippen LogP contribution in [0, 0.1) is 0 Å². The monoisotopic (exact) mass is 342 g/mol. The van der Waals surface area contributed by atoms with Crippen molar-refractivity contribution in [1.29, 1.82) is 0 Å². The van der Waals surface area contributed by atoms with Crippen LogP contribution in [0.3, 0.4) is 0 Å². The molecule has 0 spiro atoms. The van der Waals surface area contributed by atoms with Crippen LogP contribution in [0.1, 0.15) is 0 Å². The molecule has 116 valence electrons. The maximum Gasteiger partial charge on any atom is 0.357 e. The Bertz CT molecular complexity index is 874. The molecule has 0 aliphatic carbocycles. The molecule has 23 heavy (non-hydrogen) atoms. The van der Waals surface area contributed by atoms with Gasteiger partial charge in [-0.1, -0.05) is 66.7 Å². The second-order valence-electron chi connectivity index (χ2n) is 5.13. The normalized spacial score (nSPS) is 11.4. The van der Waals surface area contributed by atoms with Gasteiger partial charge < -0.3 is 9.79 Å². The third-order valence-electron chi connectivity index (χ3n) is 3.62. The van der Waals surface area contributed by atoms with Gasteiger partial charge >= 0.3 is 7.60 Å². The Kier molecular flexibility index (Phi) is 4.42. The molecule has 0 amide bonds. The van der Waals surface area contributed by atoms with E-state index >= 15 is 0 Å². The number of hydrogen-bond acceptors (Lipinski definition) is 2. The van der Waals surface area contributed by atoms with Crippen LogP contribution in [0.4, 0.5) is 0 Å². The fraction of sp³-hybridized carbons (Fsp3) is 0. The van der Waals surface area contributed by atoms with Crippen LogP contribution >= 0.6 is 20.2 Å². The van der Waals surface area contributed by atoms with Gasteiger partial charge in [0, 0.05) is 10.5 Å². The Morgan fingerprint density at radius 1 is 0.739 bits per heavy atom. The van der Waals surface area contributed by atoms with Crippen molar-refractivity contribution in [2.24, 2.45) is 0 Å². The van der Waals surface area contributed by atoms with Crippen LogP contribution in [0.5, 0.6) is 0 Å². The Morgan fingerprint density at radius 2 is 1.26 bits per heavy atom. The van der Waals surface area contributed by atoms with Gasteiger partial charge in [-0.25, -0.2) is 0 Å². The molecule has 0 aliphatic rings. The predicted molar refractivity (Wildman–Crippen MR) is 96.2 cm³/mol. The minimum absolute atomic E-state index is 0.0561. The zero-order valence-electron chi connectivity index (χ0n) is 12.1. The van der Waals surface area contributed by atoms with E-state index in [4.69, 9.17) is 0 Å². The first-order valence-corrected chi connectivity index (χ1v) is 9.07. The van der Waals surface area contributed by atoms with Crippen LogP contribution in [-0.2, 0) is 4.57 Å². The third kappa shape index (κ3) is 3.26. The van der Waals surface area contributed by atoms with E-state index in [2.05, 4.69) is 12.6 Å². The van der Waals surface area contributed by atoms with E-state index in [1.54, 1.807) is 6.07 Å². The topological polar surface area (TPSA) is 57.5 Å². The highest BCUT2D eigenvalue weighted by molar-refractivity contribution is 7.81. The number of benzene rings is 3. The maximum absolute atomic E-state index is 11.7. The van der Waals surface area contributed by atoms with Gasteiger partial charge in [-0.3, -0.25) is 4.57 Å². The van der Waals surface area contributed by atoms with Crippen LogP contribution in [0.25, 0.3) is 22.3 Å². The van der Waals surface area contributed by atoms with Crippen molar-refractivity contribution >= 4 is 25.5 Å². The molecule has 0 atom stereocenters. The summed E-state index contributed by atoms with van der Waals surface area (Å²) in [4.78, 5) is 19.4. The summed E-state index contributed by atoms with van der Waals surface area (Å²) in [5, 5.41) is -0.0561. The highest BCUT2D eigenvalue weighted by atomic mass is 32.1. The quantitative estimate of drug-likeness (QED) is 0.496. The van der Waals surface area contributed by atoms with Crippen molar-refractivity contribution in [3.05, 3.63) is 72.8 Å². The first-order chi connectivity index (χ1) is 11.0. The lowest BCUT2D eigenvalue weighted by Gasteiger charge is -2.17. The van der Waals surface area contributed by atoms with Crippen LogP contribution in [0.2, 0.25) is 0 Å². The summed E-state index contributed by atoms with van der Waals surface area (Å²) >= 11 is 4.44. The summed E-state index contributed by atoms with van der Waals surface area (Å²) in [6.07, 6.45) is 0. The molecule has 0 unspecified atom stereocenters. The Morgan fingerprint density at radius 3 is 1.78 bits per heavy atom. The SMILES string of the molecule is O=P(O)(O)c1ccc(-c2ccccc2)c(-c2ccccc2)c1S. The van der Waals surface area contributed by atoms with Gasteiger partial charge in [-0.05, 0) is 22.8 Å². The molecule has 0 heterocycles. The molecule has 3 nitrogen and oxygen atoms in total. The molecular formula is C18H15O3PS. The van der Waals surface area contributed by atoms with Crippen molar-refractivity contribution in [3.8, 4) is 22.3 Å².